The summed E-state index contributed by atoms with van der Waals surface area (Å²) in [7, 11) is -6.93. The second-order valence-electron chi connectivity index (χ2n) is 8.12. The van der Waals surface area contributed by atoms with E-state index in [-0.39, 0.29) is 16.3 Å². The maximum absolute atomic E-state index is 13.1. The molecule has 1 amide bonds. The molecule has 8 nitrogen and oxygen atoms in total. The molecular weight excluding hydrogens is 462 g/mol. The Hall–Kier alpha value is -2.69. The van der Waals surface area contributed by atoms with Gasteiger partial charge in [0.2, 0.25) is 26.0 Å². The normalized spacial score (nSPS) is 19.1. The zero-order chi connectivity index (χ0) is 23.5. The number of piperidine rings is 1. The molecule has 2 heterocycles. The first-order valence-electron chi connectivity index (χ1n) is 11.0. The number of rotatable bonds is 6. The summed E-state index contributed by atoms with van der Waals surface area (Å²) in [5.74, 6) is -0.299. The molecule has 0 spiro atoms. The number of anilines is 2. The van der Waals surface area contributed by atoms with Crippen molar-refractivity contribution >= 4 is 43.4 Å². The van der Waals surface area contributed by atoms with Gasteiger partial charge in [-0.1, -0.05) is 30.7 Å². The van der Waals surface area contributed by atoms with E-state index >= 15 is 0 Å². The lowest BCUT2D eigenvalue weighted by molar-refractivity contribution is -0.111. The number of benzene rings is 2. The Labute approximate surface area is 195 Å². The van der Waals surface area contributed by atoms with Crippen molar-refractivity contribution in [3.63, 3.8) is 0 Å². The zero-order valence-corrected chi connectivity index (χ0v) is 19.8. The van der Waals surface area contributed by atoms with Crippen LogP contribution in [0, 0.1) is 0 Å². The summed E-state index contributed by atoms with van der Waals surface area (Å²) >= 11 is 0. The first kappa shape index (κ1) is 23.5. The Bertz CT molecular complexity index is 1250. The average molecular weight is 490 g/mol. The topological polar surface area (TPSA) is 104 Å². The number of carbonyl (C=O) groups is 1. The van der Waals surface area contributed by atoms with Crippen LogP contribution in [0.5, 0.6) is 0 Å². The van der Waals surface area contributed by atoms with Gasteiger partial charge in [-0.05, 0) is 55.2 Å². The van der Waals surface area contributed by atoms with E-state index < -0.39 is 26.0 Å². The standard InChI is InChI=1S/C23H27N3O5S2/c27-23(14-11-19-9-12-20(13-10-19)26-17-6-18-32(26,28)29)24-21-7-2-3-8-22(21)33(30,31)25-15-4-1-5-16-25/h2-3,7-14H,1,4-6,15-18H2,(H,24,27)/b14-11+. The molecule has 2 aromatic carbocycles. The number of carbonyl (C=O) groups excluding carboxylic acids is 1. The molecule has 0 radical (unpaired) electrons. The van der Waals surface area contributed by atoms with Crippen LogP contribution in [0.1, 0.15) is 31.2 Å². The molecule has 10 heteroatoms. The lowest BCUT2D eigenvalue weighted by Gasteiger charge is -2.26. The van der Waals surface area contributed by atoms with Gasteiger partial charge in [0.25, 0.3) is 0 Å². The third-order valence-electron chi connectivity index (χ3n) is 5.79. The summed E-state index contributed by atoms with van der Waals surface area (Å²) in [6.45, 7) is 1.44. The van der Waals surface area contributed by atoms with Crippen LogP contribution in [0.3, 0.4) is 0 Å². The smallest absolute Gasteiger partial charge is 0.248 e. The predicted octanol–water partition coefficient (Wildman–Crippen LogP) is 3.05. The van der Waals surface area contributed by atoms with Crippen LogP contribution in [0.4, 0.5) is 11.4 Å². The van der Waals surface area contributed by atoms with Crippen LogP contribution in [0.15, 0.2) is 59.5 Å². The molecule has 2 saturated heterocycles. The van der Waals surface area contributed by atoms with Crippen molar-refractivity contribution in [1.82, 2.24) is 4.31 Å². The molecule has 0 atom stereocenters. The zero-order valence-electron chi connectivity index (χ0n) is 18.2. The number of hydrogen-bond donors (Lipinski definition) is 1. The largest absolute Gasteiger partial charge is 0.321 e. The molecule has 2 fully saturated rings. The molecule has 0 bridgehead atoms. The highest BCUT2D eigenvalue weighted by Crippen LogP contribution is 2.27. The van der Waals surface area contributed by atoms with E-state index in [1.54, 1.807) is 48.5 Å². The van der Waals surface area contributed by atoms with E-state index in [0.717, 1.165) is 24.8 Å². The quantitative estimate of drug-likeness (QED) is 0.628. The number of nitrogens with one attached hydrogen (secondary N) is 1. The molecule has 2 aromatic rings. The van der Waals surface area contributed by atoms with E-state index in [1.165, 1.54) is 20.8 Å². The third-order valence-corrected chi connectivity index (χ3v) is 9.61. The van der Waals surface area contributed by atoms with E-state index in [0.29, 0.717) is 31.7 Å². The fourth-order valence-electron chi connectivity index (χ4n) is 4.07. The van der Waals surface area contributed by atoms with Crippen LogP contribution in [-0.2, 0) is 24.8 Å². The summed E-state index contributed by atoms with van der Waals surface area (Å²) in [5.41, 5.74) is 1.57. The Morgan fingerprint density at radius 3 is 2.27 bits per heavy atom. The molecule has 0 aromatic heterocycles. The molecule has 0 saturated carbocycles. The summed E-state index contributed by atoms with van der Waals surface area (Å²) in [6.07, 6.45) is 6.21. The summed E-state index contributed by atoms with van der Waals surface area (Å²) in [6, 6.07) is 13.3. The van der Waals surface area contributed by atoms with E-state index in [1.807, 2.05) is 0 Å². The first-order valence-corrected chi connectivity index (χ1v) is 14.0. The number of hydrogen-bond acceptors (Lipinski definition) is 5. The Morgan fingerprint density at radius 1 is 0.909 bits per heavy atom. The molecule has 2 aliphatic heterocycles. The van der Waals surface area contributed by atoms with Crippen molar-refractivity contribution in [2.24, 2.45) is 0 Å². The van der Waals surface area contributed by atoms with Gasteiger partial charge in [0.1, 0.15) is 4.90 Å². The number of amides is 1. The van der Waals surface area contributed by atoms with E-state index in [4.69, 9.17) is 0 Å². The van der Waals surface area contributed by atoms with Crippen molar-refractivity contribution < 1.29 is 21.6 Å². The highest BCUT2D eigenvalue weighted by molar-refractivity contribution is 7.93. The van der Waals surface area contributed by atoms with Crippen molar-refractivity contribution in [2.75, 3.05) is 35.0 Å². The van der Waals surface area contributed by atoms with Crippen LogP contribution in [0.25, 0.3) is 6.08 Å². The summed E-state index contributed by atoms with van der Waals surface area (Å²) in [5, 5.41) is 2.67. The molecule has 4 rings (SSSR count). The monoisotopic (exact) mass is 489 g/mol. The lowest BCUT2D eigenvalue weighted by atomic mass is 10.2. The second-order valence-corrected chi connectivity index (χ2v) is 12.0. The van der Waals surface area contributed by atoms with Crippen LogP contribution in [-0.4, -0.2) is 52.4 Å². The minimum atomic E-state index is -3.69. The molecular formula is C23H27N3O5S2. The highest BCUT2D eigenvalue weighted by atomic mass is 32.2. The summed E-state index contributed by atoms with van der Waals surface area (Å²) < 4.78 is 53.1. The van der Waals surface area contributed by atoms with Crippen molar-refractivity contribution in [1.29, 1.82) is 0 Å². The van der Waals surface area contributed by atoms with Gasteiger partial charge in [-0.25, -0.2) is 16.8 Å². The molecule has 33 heavy (non-hydrogen) atoms. The van der Waals surface area contributed by atoms with Gasteiger partial charge >= 0.3 is 0 Å². The van der Waals surface area contributed by atoms with Crippen LogP contribution >= 0.6 is 0 Å². The van der Waals surface area contributed by atoms with Crippen molar-refractivity contribution in [2.45, 2.75) is 30.6 Å². The van der Waals surface area contributed by atoms with Crippen LogP contribution < -0.4 is 9.62 Å². The first-order chi connectivity index (χ1) is 15.8. The molecule has 1 N–H and O–H groups in total. The molecule has 176 valence electrons. The van der Waals surface area contributed by atoms with Crippen molar-refractivity contribution in [3.8, 4) is 0 Å². The Morgan fingerprint density at radius 2 is 1.61 bits per heavy atom. The minimum absolute atomic E-state index is 0.0878. The van der Waals surface area contributed by atoms with Gasteiger partial charge in [0, 0.05) is 25.7 Å². The second kappa shape index (κ2) is 9.66. The van der Waals surface area contributed by atoms with E-state index in [9.17, 15) is 21.6 Å². The third kappa shape index (κ3) is 5.29. The van der Waals surface area contributed by atoms with Gasteiger partial charge < -0.3 is 5.32 Å². The maximum Gasteiger partial charge on any atom is 0.248 e. The molecule has 0 unspecified atom stereocenters. The highest BCUT2D eigenvalue weighted by Gasteiger charge is 2.29. The van der Waals surface area contributed by atoms with E-state index in [2.05, 4.69) is 5.32 Å². The number of sulfonamides is 2. The predicted molar refractivity (Wildman–Crippen MR) is 129 cm³/mol. The van der Waals surface area contributed by atoms with Gasteiger partial charge in [0.05, 0.1) is 17.1 Å². The minimum Gasteiger partial charge on any atom is -0.321 e. The molecule has 2 aliphatic rings. The van der Waals surface area contributed by atoms with Gasteiger partial charge in [-0.15, -0.1) is 0 Å². The lowest BCUT2D eigenvalue weighted by Crippen LogP contribution is -2.36. The van der Waals surface area contributed by atoms with Crippen LogP contribution in [0.2, 0.25) is 0 Å². The SMILES string of the molecule is O=C(/C=C/c1ccc(N2CCCS2(=O)=O)cc1)Nc1ccccc1S(=O)(=O)N1CCCCC1. The van der Waals surface area contributed by atoms with Crippen molar-refractivity contribution in [3.05, 3.63) is 60.2 Å². The van der Waals surface area contributed by atoms with Gasteiger partial charge in [-0.2, -0.15) is 4.31 Å². The van der Waals surface area contributed by atoms with Gasteiger partial charge in [-0.3, -0.25) is 9.10 Å². The fourth-order valence-corrected chi connectivity index (χ4v) is 7.30. The Kier molecular flexibility index (Phi) is 6.87. The molecule has 0 aliphatic carbocycles. The average Bonchev–Trinajstić information content (AvgIpc) is 3.18. The number of para-hydroxylation sites is 1. The van der Waals surface area contributed by atoms with Gasteiger partial charge in [0.15, 0.2) is 0 Å². The maximum atomic E-state index is 13.1. The summed E-state index contributed by atoms with van der Waals surface area (Å²) in [4.78, 5) is 12.6. The fraction of sp³-hybridized carbons (Fsp3) is 0.348. The Balaban J connectivity index is 1.45. The number of nitrogens with zero attached hydrogens (tertiary/aromatic N) is 2.